The second-order valence-electron chi connectivity index (χ2n) is 4.70. The lowest BCUT2D eigenvalue weighted by atomic mass is 10.1. The second kappa shape index (κ2) is 5.11. The van der Waals surface area contributed by atoms with Gasteiger partial charge in [0.1, 0.15) is 11.6 Å². The third-order valence-electron chi connectivity index (χ3n) is 3.08. The van der Waals surface area contributed by atoms with Crippen molar-refractivity contribution in [2.24, 2.45) is 11.7 Å². The predicted molar refractivity (Wildman–Crippen MR) is 65.3 cm³/mol. The van der Waals surface area contributed by atoms with Gasteiger partial charge in [-0.15, -0.1) is 0 Å². The predicted octanol–water partition coefficient (Wildman–Crippen LogP) is 3.17. The average Bonchev–Trinajstić information content (AvgIpc) is 3.11. The minimum Gasteiger partial charge on any atom is -0.493 e. The summed E-state index contributed by atoms with van der Waals surface area (Å²) in [5.74, 6) is 0.0130. The molecule has 0 bridgehead atoms. The highest BCUT2D eigenvalue weighted by molar-refractivity contribution is 5.95. The van der Waals surface area contributed by atoms with Gasteiger partial charge in [-0.1, -0.05) is 12.8 Å². The quantitative estimate of drug-likeness (QED) is 0.639. The van der Waals surface area contributed by atoms with Gasteiger partial charge in [-0.3, -0.25) is 5.41 Å². The van der Waals surface area contributed by atoms with E-state index in [1.807, 2.05) is 0 Å². The van der Waals surface area contributed by atoms with Gasteiger partial charge in [0.15, 0.2) is 0 Å². The maximum absolute atomic E-state index is 12.9. The number of nitrogens with two attached hydrogens (primary N) is 1. The maximum atomic E-state index is 12.9. The summed E-state index contributed by atoms with van der Waals surface area (Å²) in [7, 11) is 0. The van der Waals surface area contributed by atoms with Crippen LogP contribution < -0.4 is 10.5 Å². The molecule has 0 aliphatic heterocycles. The van der Waals surface area contributed by atoms with E-state index >= 15 is 0 Å². The van der Waals surface area contributed by atoms with Gasteiger partial charge in [0.25, 0.3) is 0 Å². The number of benzene rings is 1. The Bertz CT molecular complexity index is 481. The lowest BCUT2D eigenvalue weighted by molar-refractivity contribution is -0.139. The zero-order valence-electron chi connectivity index (χ0n) is 10.3. The first kappa shape index (κ1) is 13.7. The van der Waals surface area contributed by atoms with Crippen molar-refractivity contribution < 1.29 is 17.9 Å². The average molecular weight is 272 g/mol. The number of rotatable bonds is 5. The Morgan fingerprint density at radius 2 is 2.05 bits per heavy atom. The first-order chi connectivity index (χ1) is 8.88. The van der Waals surface area contributed by atoms with Crippen LogP contribution in [-0.2, 0) is 6.18 Å². The molecule has 104 valence electrons. The van der Waals surface area contributed by atoms with Gasteiger partial charge in [-0.05, 0) is 30.5 Å². The number of nitrogen functional groups attached to an aromatic ring is 1. The zero-order valence-corrected chi connectivity index (χ0v) is 10.3. The summed E-state index contributed by atoms with van der Waals surface area (Å²) in [6, 6.07) is 3.45. The molecular formula is C13H15F3N2O. The topological polar surface area (TPSA) is 59.1 Å². The molecule has 1 aromatic carbocycles. The summed E-state index contributed by atoms with van der Waals surface area (Å²) in [5.41, 5.74) is 4.36. The monoisotopic (exact) mass is 272 g/mol. The van der Waals surface area contributed by atoms with Gasteiger partial charge in [0.05, 0.1) is 12.2 Å². The Kier molecular flexibility index (Phi) is 3.68. The molecule has 0 aromatic heterocycles. The molecule has 1 fully saturated rings. The van der Waals surface area contributed by atoms with Crippen molar-refractivity contribution in [3.05, 3.63) is 29.3 Å². The molecule has 1 aromatic rings. The molecular weight excluding hydrogens is 257 g/mol. The summed E-state index contributed by atoms with van der Waals surface area (Å²) in [5, 5.41) is 7.18. The van der Waals surface area contributed by atoms with Crippen molar-refractivity contribution in [3.63, 3.8) is 0 Å². The number of hydrogen-bond acceptors (Lipinski definition) is 2. The molecule has 0 saturated heterocycles. The number of halogens is 3. The van der Waals surface area contributed by atoms with E-state index in [2.05, 4.69) is 0 Å². The van der Waals surface area contributed by atoms with Gasteiger partial charge < -0.3 is 10.5 Å². The Labute approximate surface area is 109 Å². The van der Waals surface area contributed by atoms with Gasteiger partial charge in [-0.25, -0.2) is 0 Å². The fourth-order valence-corrected chi connectivity index (χ4v) is 1.79. The maximum Gasteiger partial charge on any atom is 0.419 e. The highest BCUT2D eigenvalue weighted by Gasteiger charge is 2.35. The smallest absolute Gasteiger partial charge is 0.419 e. The second-order valence-corrected chi connectivity index (χ2v) is 4.70. The number of hydrogen-bond donors (Lipinski definition) is 2. The van der Waals surface area contributed by atoms with Crippen molar-refractivity contribution >= 4 is 5.84 Å². The molecule has 1 saturated carbocycles. The summed E-state index contributed by atoms with van der Waals surface area (Å²) in [6.45, 7) is 0.285. The van der Waals surface area contributed by atoms with E-state index in [0.717, 1.165) is 25.3 Å². The molecule has 0 heterocycles. The minimum absolute atomic E-state index is 0.0434. The largest absolute Gasteiger partial charge is 0.493 e. The van der Waals surface area contributed by atoms with Gasteiger partial charge in [0, 0.05) is 5.56 Å². The van der Waals surface area contributed by atoms with E-state index in [1.165, 1.54) is 12.1 Å². The van der Waals surface area contributed by atoms with E-state index in [0.29, 0.717) is 5.92 Å². The Morgan fingerprint density at radius 1 is 1.37 bits per heavy atom. The van der Waals surface area contributed by atoms with Crippen LogP contribution in [0.2, 0.25) is 0 Å². The van der Waals surface area contributed by atoms with Gasteiger partial charge in [0.2, 0.25) is 0 Å². The van der Waals surface area contributed by atoms with Crippen LogP contribution in [0.5, 0.6) is 5.75 Å². The van der Waals surface area contributed by atoms with Crippen molar-refractivity contribution in [3.8, 4) is 5.75 Å². The standard InChI is InChI=1S/C13H15F3N2O/c14-13(15,16)10-7-9(12(17)18)3-4-11(10)19-6-5-8-1-2-8/h3-4,7-8H,1-2,5-6H2,(H3,17,18). The van der Waals surface area contributed by atoms with Crippen LogP contribution >= 0.6 is 0 Å². The fraction of sp³-hybridized carbons (Fsp3) is 0.462. The molecule has 0 spiro atoms. The van der Waals surface area contributed by atoms with E-state index in [-0.39, 0.29) is 17.9 Å². The van der Waals surface area contributed by atoms with Crippen LogP contribution in [0.4, 0.5) is 13.2 Å². The molecule has 19 heavy (non-hydrogen) atoms. The lowest BCUT2D eigenvalue weighted by Gasteiger charge is -2.15. The third kappa shape index (κ3) is 3.62. The first-order valence-corrected chi connectivity index (χ1v) is 6.06. The lowest BCUT2D eigenvalue weighted by Crippen LogP contribution is -2.15. The van der Waals surface area contributed by atoms with Gasteiger partial charge >= 0.3 is 6.18 Å². The van der Waals surface area contributed by atoms with Crippen LogP contribution in [0.3, 0.4) is 0 Å². The Hall–Kier alpha value is -1.72. The zero-order chi connectivity index (χ0) is 14.0. The highest BCUT2D eigenvalue weighted by Crippen LogP contribution is 2.37. The summed E-state index contributed by atoms with van der Waals surface area (Å²) in [6.07, 6.45) is -1.45. The van der Waals surface area contributed by atoms with E-state index in [9.17, 15) is 13.2 Å². The number of ether oxygens (including phenoxy) is 1. The van der Waals surface area contributed by atoms with Crippen LogP contribution in [0, 0.1) is 11.3 Å². The van der Waals surface area contributed by atoms with E-state index < -0.39 is 17.6 Å². The molecule has 0 unspecified atom stereocenters. The van der Waals surface area contributed by atoms with Crippen molar-refractivity contribution in [1.29, 1.82) is 5.41 Å². The van der Waals surface area contributed by atoms with Crippen molar-refractivity contribution in [1.82, 2.24) is 0 Å². The minimum atomic E-state index is -4.51. The van der Waals surface area contributed by atoms with Crippen molar-refractivity contribution in [2.45, 2.75) is 25.4 Å². The van der Waals surface area contributed by atoms with E-state index in [1.54, 1.807) is 0 Å². The Morgan fingerprint density at radius 3 is 2.58 bits per heavy atom. The van der Waals surface area contributed by atoms with Crippen LogP contribution in [0.1, 0.15) is 30.4 Å². The summed E-state index contributed by atoms with van der Waals surface area (Å²) >= 11 is 0. The highest BCUT2D eigenvalue weighted by atomic mass is 19.4. The van der Waals surface area contributed by atoms with Gasteiger partial charge in [-0.2, -0.15) is 13.2 Å². The van der Waals surface area contributed by atoms with Crippen LogP contribution in [0.15, 0.2) is 18.2 Å². The van der Waals surface area contributed by atoms with Crippen LogP contribution in [-0.4, -0.2) is 12.4 Å². The summed E-state index contributed by atoms with van der Waals surface area (Å²) in [4.78, 5) is 0. The van der Waals surface area contributed by atoms with Crippen molar-refractivity contribution in [2.75, 3.05) is 6.61 Å². The molecule has 0 atom stereocenters. The molecule has 1 aliphatic rings. The first-order valence-electron chi connectivity index (χ1n) is 6.06. The van der Waals surface area contributed by atoms with Crippen LogP contribution in [0.25, 0.3) is 0 Å². The van der Waals surface area contributed by atoms with E-state index in [4.69, 9.17) is 15.9 Å². The summed E-state index contributed by atoms with van der Waals surface area (Å²) < 4.78 is 43.9. The molecule has 3 N–H and O–H groups in total. The molecule has 2 rings (SSSR count). The number of amidine groups is 1. The number of alkyl halides is 3. The molecule has 0 radical (unpaired) electrons. The normalized spacial score (nSPS) is 15.3. The Balaban J connectivity index is 2.17. The molecule has 1 aliphatic carbocycles. The molecule has 0 amide bonds. The fourth-order valence-electron chi connectivity index (χ4n) is 1.79. The third-order valence-corrected chi connectivity index (χ3v) is 3.08. The molecule has 6 heteroatoms. The SMILES string of the molecule is N=C(N)c1ccc(OCCC2CC2)c(C(F)(F)F)c1. The molecule has 3 nitrogen and oxygen atoms in total. The number of nitrogens with one attached hydrogen (secondary N) is 1.